The van der Waals surface area contributed by atoms with E-state index in [1.54, 1.807) is 0 Å². The van der Waals surface area contributed by atoms with Crippen LogP contribution in [0.3, 0.4) is 0 Å². The third-order valence-electron chi connectivity index (χ3n) is 6.15. The fraction of sp³-hybridized carbons (Fsp3) is 1.00. The Balaban J connectivity index is 1.92. The van der Waals surface area contributed by atoms with Gasteiger partial charge in [0.05, 0.1) is 0 Å². The molecule has 2 heteroatoms. The van der Waals surface area contributed by atoms with Gasteiger partial charge in [-0.3, -0.25) is 4.90 Å². The summed E-state index contributed by atoms with van der Waals surface area (Å²) in [7, 11) is 0. The maximum absolute atomic E-state index is 3.69. The van der Waals surface area contributed by atoms with Gasteiger partial charge in [-0.1, -0.05) is 41.0 Å². The normalized spacial score (nSPS) is 35.7. The highest BCUT2D eigenvalue weighted by molar-refractivity contribution is 5.13. The van der Waals surface area contributed by atoms with Crippen LogP contribution in [0.1, 0.15) is 54.4 Å². The second kappa shape index (κ2) is 4.79. The monoisotopic (exact) mass is 252 g/mol. The molecular formula is C16H32N2. The SMILES string of the molecule is CCCC1CN(CC2C(C)(C)C2(C)C)C(C)CN1. The van der Waals surface area contributed by atoms with E-state index in [4.69, 9.17) is 0 Å². The zero-order chi connectivity index (χ0) is 13.6. The fourth-order valence-electron chi connectivity index (χ4n) is 3.81. The van der Waals surface area contributed by atoms with Crippen molar-refractivity contribution < 1.29 is 0 Å². The van der Waals surface area contributed by atoms with E-state index in [0.29, 0.717) is 16.9 Å². The molecule has 2 fully saturated rings. The van der Waals surface area contributed by atoms with Gasteiger partial charge in [-0.05, 0) is 30.1 Å². The number of hydrogen-bond donors (Lipinski definition) is 1. The molecule has 1 N–H and O–H groups in total. The largest absolute Gasteiger partial charge is 0.311 e. The van der Waals surface area contributed by atoms with Crippen LogP contribution in [0.25, 0.3) is 0 Å². The zero-order valence-corrected chi connectivity index (χ0v) is 13.2. The van der Waals surface area contributed by atoms with E-state index >= 15 is 0 Å². The van der Waals surface area contributed by atoms with Gasteiger partial charge in [-0.15, -0.1) is 0 Å². The minimum absolute atomic E-state index is 0.526. The molecule has 1 saturated carbocycles. The highest BCUT2D eigenvalue weighted by Crippen LogP contribution is 2.68. The molecule has 2 atom stereocenters. The van der Waals surface area contributed by atoms with Crippen LogP contribution in [0.15, 0.2) is 0 Å². The van der Waals surface area contributed by atoms with Gasteiger partial charge < -0.3 is 5.32 Å². The molecule has 106 valence electrons. The minimum Gasteiger partial charge on any atom is -0.311 e. The molecule has 0 aromatic rings. The van der Waals surface area contributed by atoms with Crippen LogP contribution >= 0.6 is 0 Å². The Labute approximate surface area is 114 Å². The average molecular weight is 252 g/mol. The zero-order valence-electron chi connectivity index (χ0n) is 13.2. The molecule has 0 aromatic heterocycles. The first kappa shape index (κ1) is 14.3. The van der Waals surface area contributed by atoms with Gasteiger partial charge in [-0.25, -0.2) is 0 Å². The molecule has 0 bridgehead atoms. The summed E-state index contributed by atoms with van der Waals surface area (Å²) in [5, 5.41) is 3.69. The molecule has 2 aliphatic rings. The number of nitrogens with one attached hydrogen (secondary N) is 1. The Morgan fingerprint density at radius 2 is 1.78 bits per heavy atom. The summed E-state index contributed by atoms with van der Waals surface area (Å²) in [4.78, 5) is 2.73. The molecule has 2 rings (SSSR count). The summed E-state index contributed by atoms with van der Waals surface area (Å²) in [5.74, 6) is 0.868. The maximum Gasteiger partial charge on any atom is 0.0195 e. The Kier molecular flexibility index (Phi) is 3.81. The summed E-state index contributed by atoms with van der Waals surface area (Å²) in [6.45, 7) is 18.1. The van der Waals surface area contributed by atoms with Gasteiger partial charge in [0.2, 0.25) is 0 Å². The second-order valence-corrected chi connectivity index (χ2v) is 7.69. The van der Waals surface area contributed by atoms with E-state index in [-0.39, 0.29) is 0 Å². The van der Waals surface area contributed by atoms with Crippen molar-refractivity contribution in [1.82, 2.24) is 10.2 Å². The topological polar surface area (TPSA) is 15.3 Å². The molecule has 0 aromatic carbocycles. The van der Waals surface area contributed by atoms with Crippen molar-refractivity contribution in [2.45, 2.75) is 66.5 Å². The van der Waals surface area contributed by atoms with E-state index in [1.807, 2.05) is 0 Å². The third-order valence-corrected chi connectivity index (χ3v) is 6.15. The Hall–Kier alpha value is -0.0800. The molecule has 1 heterocycles. The van der Waals surface area contributed by atoms with Gasteiger partial charge in [0.1, 0.15) is 0 Å². The molecule has 0 spiro atoms. The standard InChI is InChI=1S/C16H32N2/c1-7-8-13-10-18(12(2)9-17-13)11-14-15(3,4)16(14,5)6/h12-14,17H,7-11H2,1-6H3. The lowest BCUT2D eigenvalue weighted by molar-refractivity contribution is 0.124. The van der Waals surface area contributed by atoms with Crippen molar-refractivity contribution in [2.75, 3.05) is 19.6 Å². The highest BCUT2D eigenvalue weighted by atomic mass is 15.2. The summed E-state index contributed by atoms with van der Waals surface area (Å²) < 4.78 is 0. The van der Waals surface area contributed by atoms with Crippen molar-refractivity contribution in [3.05, 3.63) is 0 Å². The van der Waals surface area contributed by atoms with Crippen molar-refractivity contribution in [3.63, 3.8) is 0 Å². The van der Waals surface area contributed by atoms with Crippen LogP contribution in [0, 0.1) is 16.7 Å². The van der Waals surface area contributed by atoms with Crippen molar-refractivity contribution in [2.24, 2.45) is 16.7 Å². The maximum atomic E-state index is 3.69. The molecule has 2 unspecified atom stereocenters. The molecular weight excluding hydrogens is 220 g/mol. The molecule has 1 saturated heterocycles. The van der Waals surface area contributed by atoms with Crippen molar-refractivity contribution in [1.29, 1.82) is 0 Å². The lowest BCUT2D eigenvalue weighted by Crippen LogP contribution is -2.55. The quantitative estimate of drug-likeness (QED) is 0.827. The Bertz CT molecular complexity index is 281. The van der Waals surface area contributed by atoms with E-state index in [1.165, 1.54) is 25.9 Å². The van der Waals surface area contributed by atoms with E-state index in [0.717, 1.165) is 18.5 Å². The number of nitrogens with zero attached hydrogens (tertiary/aromatic N) is 1. The Morgan fingerprint density at radius 3 is 2.28 bits per heavy atom. The lowest BCUT2D eigenvalue weighted by atomic mass is 10.0. The first-order valence-corrected chi connectivity index (χ1v) is 7.78. The van der Waals surface area contributed by atoms with Gasteiger partial charge in [0, 0.05) is 31.7 Å². The summed E-state index contributed by atoms with van der Waals surface area (Å²) in [6.07, 6.45) is 2.61. The fourth-order valence-corrected chi connectivity index (χ4v) is 3.81. The van der Waals surface area contributed by atoms with Crippen LogP contribution in [0.5, 0.6) is 0 Å². The summed E-state index contributed by atoms with van der Waals surface area (Å²) in [6, 6.07) is 1.42. The van der Waals surface area contributed by atoms with Crippen molar-refractivity contribution >= 4 is 0 Å². The van der Waals surface area contributed by atoms with Crippen molar-refractivity contribution in [3.8, 4) is 0 Å². The first-order chi connectivity index (χ1) is 8.30. The van der Waals surface area contributed by atoms with E-state index in [2.05, 4.69) is 51.8 Å². The van der Waals surface area contributed by atoms with Crippen LogP contribution < -0.4 is 5.32 Å². The van der Waals surface area contributed by atoms with Crippen LogP contribution in [-0.2, 0) is 0 Å². The van der Waals surface area contributed by atoms with Gasteiger partial charge >= 0.3 is 0 Å². The summed E-state index contributed by atoms with van der Waals surface area (Å²) >= 11 is 0. The van der Waals surface area contributed by atoms with Gasteiger partial charge in [-0.2, -0.15) is 0 Å². The van der Waals surface area contributed by atoms with Crippen LogP contribution in [0.4, 0.5) is 0 Å². The molecule has 0 radical (unpaired) electrons. The van der Waals surface area contributed by atoms with Crippen LogP contribution in [0.2, 0.25) is 0 Å². The lowest BCUT2D eigenvalue weighted by Gasteiger charge is -2.39. The molecule has 18 heavy (non-hydrogen) atoms. The first-order valence-electron chi connectivity index (χ1n) is 7.78. The highest BCUT2D eigenvalue weighted by Gasteiger charge is 2.64. The molecule has 2 nitrogen and oxygen atoms in total. The second-order valence-electron chi connectivity index (χ2n) is 7.69. The number of rotatable bonds is 4. The number of hydrogen-bond acceptors (Lipinski definition) is 2. The Morgan fingerprint density at radius 1 is 1.17 bits per heavy atom. The summed E-state index contributed by atoms with van der Waals surface area (Å²) in [5.41, 5.74) is 1.05. The molecule has 1 aliphatic carbocycles. The van der Waals surface area contributed by atoms with Gasteiger partial charge in [0.15, 0.2) is 0 Å². The molecule has 0 amide bonds. The van der Waals surface area contributed by atoms with Crippen LogP contribution in [-0.4, -0.2) is 36.6 Å². The van der Waals surface area contributed by atoms with E-state index < -0.39 is 0 Å². The van der Waals surface area contributed by atoms with E-state index in [9.17, 15) is 0 Å². The smallest absolute Gasteiger partial charge is 0.0195 e. The average Bonchev–Trinajstić information content (AvgIpc) is 2.66. The molecule has 1 aliphatic heterocycles. The number of piperazine rings is 1. The van der Waals surface area contributed by atoms with Gasteiger partial charge in [0.25, 0.3) is 0 Å². The minimum atomic E-state index is 0.526. The third kappa shape index (κ3) is 2.34. The predicted octanol–water partition coefficient (Wildman–Crippen LogP) is 3.13. The predicted molar refractivity (Wildman–Crippen MR) is 78.8 cm³/mol.